The fourth-order valence-corrected chi connectivity index (χ4v) is 26.5. The van der Waals surface area contributed by atoms with Crippen molar-refractivity contribution in [2.75, 3.05) is 0 Å². The smallest absolute Gasteiger partial charge is 0.0653 e. The molecule has 5 aliphatic rings. The Morgan fingerprint density at radius 1 is 0.213 bits per heavy atom. The van der Waals surface area contributed by atoms with Gasteiger partial charge >= 0.3 is 0 Å². The van der Waals surface area contributed by atoms with E-state index in [2.05, 4.69) is 48.8 Å². The molecule has 1 N–H and O–H groups in total. The zero-order valence-corrected chi connectivity index (χ0v) is 38.2. The van der Waals surface area contributed by atoms with Crippen molar-refractivity contribution in [3.8, 4) is 0 Å². The van der Waals surface area contributed by atoms with Crippen LogP contribution in [0.5, 0.6) is 0 Å². The average molecular weight is 918 g/mol. The van der Waals surface area contributed by atoms with Crippen molar-refractivity contribution in [2.24, 2.45) is 0 Å². The van der Waals surface area contributed by atoms with Gasteiger partial charge in [0, 0.05) is 12.4 Å². The Morgan fingerprint density at radius 2 is 0.373 bits per heavy atom. The summed E-state index contributed by atoms with van der Waals surface area (Å²) < 4.78 is 0. The first-order valence-corrected chi connectivity index (χ1v) is 27.8. The van der Waals surface area contributed by atoms with Gasteiger partial charge in [-0.3, -0.25) is 15.3 Å². The van der Waals surface area contributed by atoms with E-state index in [0.717, 1.165) is 0 Å². The highest BCUT2D eigenvalue weighted by molar-refractivity contribution is 6.82. The quantitative estimate of drug-likeness (QED) is 0.176. The van der Waals surface area contributed by atoms with E-state index in [4.69, 9.17) is 15.3 Å². The molecule has 3 heteroatoms. The van der Waals surface area contributed by atoms with Crippen molar-refractivity contribution in [1.82, 2.24) is 15.3 Å². The number of hydrogen-bond donors (Lipinski definition) is 1. The lowest BCUT2D eigenvalue weighted by atomic mass is 9.46. The van der Waals surface area contributed by atoms with Crippen molar-refractivity contribution >= 4 is 291 Å². The highest BCUT2D eigenvalue weighted by Crippen LogP contribution is 2.88. The number of benzene rings is 18. The highest BCUT2D eigenvalue weighted by Gasteiger charge is 2.78. The molecule has 35 rings (SSSR count). The number of rotatable bonds is 2. The minimum absolute atomic E-state index is 0.110. The van der Waals surface area contributed by atoms with Crippen LogP contribution < -0.4 is 5.32 Å². The molecule has 0 unspecified atom stereocenters. The van der Waals surface area contributed by atoms with E-state index in [1.165, 1.54) is 11.4 Å². The number of nitrogens with one attached hydrogen (secondary N) is 1. The van der Waals surface area contributed by atoms with Gasteiger partial charge in [-0.15, -0.1) is 0 Å². The van der Waals surface area contributed by atoms with Crippen molar-refractivity contribution in [2.45, 2.75) is 22.9 Å². The summed E-state index contributed by atoms with van der Waals surface area (Å²) in [7, 11) is 0. The first-order valence-electron chi connectivity index (χ1n) is 27.8. The second-order valence-electron chi connectivity index (χ2n) is 26.9. The lowest BCUT2D eigenvalue weighted by molar-refractivity contribution is 0.329. The van der Waals surface area contributed by atoms with Crippen LogP contribution in [0.4, 0.5) is 0 Å². The van der Waals surface area contributed by atoms with E-state index in [1.807, 2.05) is 0 Å². The molecule has 75 heavy (non-hydrogen) atoms. The van der Waals surface area contributed by atoms with Crippen molar-refractivity contribution in [3.05, 3.63) is 82.4 Å². The molecular weight excluding hydrogens is 907 g/mol. The lowest BCUT2D eigenvalue weighted by Crippen LogP contribution is -2.52. The molecule has 2 atom stereocenters. The van der Waals surface area contributed by atoms with Crippen LogP contribution >= 0.6 is 0 Å². The molecule has 0 radical (unpaired) electrons. The van der Waals surface area contributed by atoms with Crippen molar-refractivity contribution in [3.63, 3.8) is 0 Å². The molecule has 2 spiro atoms. The highest BCUT2D eigenvalue weighted by atomic mass is 15.1. The van der Waals surface area contributed by atoms with Gasteiger partial charge in [-0.1, -0.05) is 12.1 Å². The van der Waals surface area contributed by atoms with Gasteiger partial charge in [0.05, 0.1) is 34.3 Å². The van der Waals surface area contributed by atoms with E-state index in [-0.39, 0.29) is 12.1 Å². The Labute approximate surface area is 409 Å². The fraction of sp³-hybridized carbons (Fsp3) is 0.0556. The molecule has 30 aromatic rings. The number of pyridine rings is 2. The molecular formula is C72H11N3. The van der Waals surface area contributed by atoms with Crippen molar-refractivity contribution < 1.29 is 0 Å². The summed E-state index contributed by atoms with van der Waals surface area (Å²) in [6, 6.07) is 13.5. The molecule has 0 bridgehead atoms. The Morgan fingerprint density at radius 3 is 0.520 bits per heavy atom. The first-order chi connectivity index (χ1) is 37.4. The maximum Gasteiger partial charge on any atom is 0.0653 e. The van der Waals surface area contributed by atoms with Gasteiger partial charge in [0.2, 0.25) is 0 Å². The topological polar surface area (TPSA) is 37.8 Å². The molecule has 3 nitrogen and oxygen atoms in total. The Kier molecular flexibility index (Phi) is 2.48. The van der Waals surface area contributed by atoms with Crippen LogP contribution in [0.1, 0.15) is 45.7 Å². The summed E-state index contributed by atoms with van der Waals surface area (Å²) in [5.41, 5.74) is 7.97. The monoisotopic (exact) mass is 917 g/mol. The maximum absolute atomic E-state index is 5.61. The van der Waals surface area contributed by atoms with Crippen LogP contribution in [0.3, 0.4) is 0 Å². The molecule has 1 aliphatic heterocycles. The third kappa shape index (κ3) is 1.56. The van der Waals surface area contributed by atoms with Gasteiger partial charge in [-0.2, -0.15) is 0 Å². The lowest BCUT2D eigenvalue weighted by Gasteiger charge is -2.53. The summed E-state index contributed by atoms with van der Waals surface area (Å²) in [6.07, 6.45) is 4.20. The normalized spacial score (nSPS) is 23.8. The molecule has 4 aliphatic carbocycles. The van der Waals surface area contributed by atoms with Crippen LogP contribution in [0.2, 0.25) is 0 Å². The van der Waals surface area contributed by atoms with Gasteiger partial charge in [-0.25, -0.2) is 0 Å². The summed E-state index contributed by atoms with van der Waals surface area (Å²) in [5, 5.41) is 92.8. The third-order valence-corrected chi connectivity index (χ3v) is 26.6. The largest absolute Gasteiger partial charge is 0.298 e. The van der Waals surface area contributed by atoms with Crippen LogP contribution in [0, 0.1) is 0 Å². The average Bonchev–Trinajstić information content (AvgIpc) is 3.40. The van der Waals surface area contributed by atoms with Crippen LogP contribution in [0.25, 0.3) is 291 Å². The van der Waals surface area contributed by atoms with Gasteiger partial charge in [-0.05, 0) is 337 Å². The molecule has 3 heterocycles. The van der Waals surface area contributed by atoms with Gasteiger partial charge in [0.25, 0.3) is 0 Å². The standard InChI is InChI=1S/C72H11N3/c1-3-7-73-9(5-1)69-71-65-57-49-39-29-21-13-11-12-15-19-17(13)25-33-27(19)37-31-23(15)24-16(12)20-18-14(11)22(21)30-36-26(18)34-28(20)38-32(24)42-41(31)51-45(37)55-47(33)53(43(49)35(25)29)61(65)63(55)67-59(51)60-52(42)46(38)56-48(34)54-44(36)50(40(30)39)58(57)66(71)62(54)64(56)68(60)72(67,71)70(75-69)10-6-2-4-8-74-10/h1-8,69-70,75H/t69-,70+,71?,72?. The van der Waals surface area contributed by atoms with E-state index >= 15 is 0 Å². The summed E-state index contributed by atoms with van der Waals surface area (Å²) in [5.74, 6) is 0. The molecule has 0 amide bonds. The van der Waals surface area contributed by atoms with E-state index in [1.54, 1.807) is 313 Å². The Bertz CT molecular complexity index is 7110. The minimum Gasteiger partial charge on any atom is -0.298 e. The molecule has 2 aromatic heterocycles. The summed E-state index contributed by atoms with van der Waals surface area (Å²) >= 11 is 0. The third-order valence-electron chi connectivity index (χ3n) is 26.6. The van der Waals surface area contributed by atoms with Gasteiger partial charge < -0.3 is 0 Å². The van der Waals surface area contributed by atoms with Crippen LogP contribution in [-0.2, 0) is 10.8 Å². The number of nitrogens with zero attached hydrogens (tertiary/aromatic N) is 2. The molecule has 28 aromatic carbocycles. The minimum atomic E-state index is -0.519. The molecule has 1 saturated heterocycles. The Hall–Kier alpha value is -9.28. The SMILES string of the molecule is c1ccc([C@H]2N[C@@H](c3ccccn3)C34c5c6c7c8c9c%10c(c%11c%12c3c3c5c5c%13c6c6c7c7c9c9c%14c%10c%10c%11c%11c%12c%12c3c3c5c5c%13c%13c6c6c7c9c7c9c%14c%10c%10c%11c%11c%12c3c3c5c5c%13c6c7c6c9c%10c%11c3c56)C824)nc1. The molecule has 0 saturated carbocycles. The Balaban J connectivity index is 1.14. The summed E-state index contributed by atoms with van der Waals surface area (Å²) in [4.78, 5) is 11.2. The van der Waals surface area contributed by atoms with Gasteiger partial charge in [0.1, 0.15) is 0 Å². The first kappa shape index (κ1) is 28.2. The van der Waals surface area contributed by atoms with E-state index in [9.17, 15) is 0 Å². The zero-order chi connectivity index (χ0) is 44.6. The zero-order valence-electron chi connectivity index (χ0n) is 38.2. The predicted molar refractivity (Wildman–Crippen MR) is 311 cm³/mol. The molecule has 1 fully saturated rings. The van der Waals surface area contributed by atoms with E-state index in [0.29, 0.717) is 0 Å². The van der Waals surface area contributed by atoms with Gasteiger partial charge in [0.15, 0.2) is 0 Å². The van der Waals surface area contributed by atoms with Crippen LogP contribution in [-0.4, -0.2) is 9.97 Å². The second kappa shape index (κ2) is 6.59. The van der Waals surface area contributed by atoms with Crippen LogP contribution in [0.15, 0.2) is 48.8 Å². The predicted octanol–water partition coefficient (Wildman–Crippen LogP) is 18.2. The molecule has 314 valence electrons. The second-order valence-corrected chi connectivity index (χ2v) is 26.9. The van der Waals surface area contributed by atoms with Crippen molar-refractivity contribution in [1.29, 1.82) is 0 Å². The van der Waals surface area contributed by atoms with E-state index < -0.39 is 10.8 Å². The number of hydrogen-bond acceptors (Lipinski definition) is 3. The maximum atomic E-state index is 5.61. The number of aromatic nitrogens is 2. The fourth-order valence-electron chi connectivity index (χ4n) is 26.5. The summed E-state index contributed by atoms with van der Waals surface area (Å²) in [6.45, 7) is 0.